The van der Waals surface area contributed by atoms with Gasteiger partial charge in [-0.25, -0.2) is 4.79 Å². The largest absolute Gasteiger partial charge is 0.459 e. The smallest absolute Gasteiger partial charge is 0.341 e. The minimum atomic E-state index is -0.310. The van der Waals surface area contributed by atoms with Gasteiger partial charge in [-0.1, -0.05) is 19.8 Å². The number of esters is 1. The molecule has 1 rings (SSSR count). The zero-order valence-corrected chi connectivity index (χ0v) is 11.6. The van der Waals surface area contributed by atoms with Crippen LogP contribution in [0.3, 0.4) is 0 Å². The number of unbranched alkanes of at least 4 members (excludes halogenated alkanes) is 2. The second kappa shape index (κ2) is 6.64. The van der Waals surface area contributed by atoms with Crippen LogP contribution in [0.1, 0.15) is 55.3 Å². The monoisotopic (exact) mass is 255 g/mol. The van der Waals surface area contributed by atoms with Crippen molar-refractivity contribution in [2.75, 3.05) is 5.73 Å². The van der Waals surface area contributed by atoms with Gasteiger partial charge >= 0.3 is 5.97 Å². The zero-order valence-electron chi connectivity index (χ0n) is 10.8. The molecule has 4 heteroatoms. The van der Waals surface area contributed by atoms with E-state index in [2.05, 4.69) is 6.92 Å². The average molecular weight is 255 g/mol. The lowest BCUT2D eigenvalue weighted by molar-refractivity contribution is 0.0379. The summed E-state index contributed by atoms with van der Waals surface area (Å²) in [7, 11) is 0. The number of hydrogen-bond acceptors (Lipinski definition) is 4. The number of ether oxygens (including phenoxy) is 1. The molecular weight excluding hydrogens is 234 g/mol. The van der Waals surface area contributed by atoms with E-state index in [1.807, 2.05) is 19.9 Å². The number of carbonyl (C=O) groups excluding carboxylic acids is 1. The Balaban J connectivity index is 2.64. The van der Waals surface area contributed by atoms with Gasteiger partial charge in [-0.05, 0) is 32.8 Å². The Labute approximate surface area is 107 Å². The number of nitrogens with two attached hydrogens (primary N) is 1. The second-order valence-electron chi connectivity index (χ2n) is 4.40. The molecule has 0 atom stereocenters. The van der Waals surface area contributed by atoms with Crippen LogP contribution in [-0.4, -0.2) is 12.1 Å². The van der Waals surface area contributed by atoms with Gasteiger partial charge in [-0.15, -0.1) is 11.3 Å². The average Bonchev–Trinajstić information content (AvgIpc) is 2.59. The minimum absolute atomic E-state index is 0.106. The van der Waals surface area contributed by atoms with Crippen LogP contribution < -0.4 is 5.73 Å². The van der Waals surface area contributed by atoms with Gasteiger partial charge in [0.2, 0.25) is 0 Å². The molecule has 96 valence electrons. The van der Waals surface area contributed by atoms with Crippen LogP contribution in [0.25, 0.3) is 0 Å². The van der Waals surface area contributed by atoms with Crippen molar-refractivity contribution >= 4 is 22.3 Å². The predicted octanol–water partition coefficient (Wildman–Crippen LogP) is 3.63. The third-order valence-corrected chi connectivity index (χ3v) is 3.43. The summed E-state index contributed by atoms with van der Waals surface area (Å²) in [6.07, 6.45) is 4.45. The van der Waals surface area contributed by atoms with Crippen molar-refractivity contribution in [2.24, 2.45) is 0 Å². The van der Waals surface area contributed by atoms with E-state index in [-0.39, 0.29) is 12.1 Å². The molecular formula is C13H21NO2S. The van der Waals surface area contributed by atoms with Gasteiger partial charge in [0.1, 0.15) is 5.00 Å². The summed E-state index contributed by atoms with van der Waals surface area (Å²) < 4.78 is 5.14. The van der Waals surface area contributed by atoms with Gasteiger partial charge in [-0.2, -0.15) is 0 Å². The first-order valence-electron chi connectivity index (χ1n) is 6.13. The lowest BCUT2D eigenvalue weighted by Crippen LogP contribution is -2.12. The zero-order chi connectivity index (χ0) is 12.8. The highest BCUT2D eigenvalue weighted by Crippen LogP contribution is 2.27. The number of carbonyl (C=O) groups is 1. The summed E-state index contributed by atoms with van der Waals surface area (Å²) in [4.78, 5) is 12.9. The molecule has 0 aliphatic heterocycles. The molecule has 0 bridgehead atoms. The molecule has 0 aliphatic rings. The molecule has 0 saturated carbocycles. The van der Waals surface area contributed by atoms with E-state index in [0.29, 0.717) is 10.6 Å². The first-order chi connectivity index (χ1) is 8.04. The van der Waals surface area contributed by atoms with Crippen LogP contribution in [0, 0.1) is 0 Å². The molecule has 1 aromatic rings. The molecule has 3 nitrogen and oxygen atoms in total. The maximum Gasteiger partial charge on any atom is 0.341 e. The van der Waals surface area contributed by atoms with E-state index in [9.17, 15) is 4.79 Å². The molecule has 0 amide bonds. The van der Waals surface area contributed by atoms with Crippen LogP contribution in [-0.2, 0) is 11.2 Å². The molecule has 0 spiro atoms. The molecule has 2 N–H and O–H groups in total. The van der Waals surface area contributed by atoms with Crippen molar-refractivity contribution in [3.05, 3.63) is 16.5 Å². The van der Waals surface area contributed by atoms with Crippen molar-refractivity contribution in [1.29, 1.82) is 0 Å². The second-order valence-corrected chi connectivity index (χ2v) is 5.57. The summed E-state index contributed by atoms with van der Waals surface area (Å²) in [5.41, 5.74) is 6.36. The van der Waals surface area contributed by atoms with Gasteiger partial charge < -0.3 is 10.5 Å². The van der Waals surface area contributed by atoms with Crippen LogP contribution in [0.15, 0.2) is 6.07 Å². The number of rotatable bonds is 6. The van der Waals surface area contributed by atoms with E-state index in [1.165, 1.54) is 29.1 Å². The van der Waals surface area contributed by atoms with Gasteiger partial charge in [0.15, 0.2) is 0 Å². The molecule has 0 radical (unpaired) electrons. The summed E-state index contributed by atoms with van der Waals surface area (Å²) in [5.74, 6) is -0.310. The minimum Gasteiger partial charge on any atom is -0.459 e. The highest BCUT2D eigenvalue weighted by Gasteiger charge is 2.16. The molecule has 17 heavy (non-hydrogen) atoms. The Bertz CT molecular complexity index is 371. The fourth-order valence-electron chi connectivity index (χ4n) is 1.57. The third-order valence-electron chi connectivity index (χ3n) is 2.40. The lowest BCUT2D eigenvalue weighted by atomic mass is 10.1. The third kappa shape index (κ3) is 4.38. The fourth-order valence-corrected chi connectivity index (χ4v) is 2.53. The normalized spacial score (nSPS) is 10.8. The topological polar surface area (TPSA) is 52.3 Å². The Hall–Kier alpha value is -1.03. The van der Waals surface area contributed by atoms with E-state index in [4.69, 9.17) is 10.5 Å². The number of thiophene rings is 1. The summed E-state index contributed by atoms with van der Waals surface area (Å²) in [6.45, 7) is 5.85. The summed E-state index contributed by atoms with van der Waals surface area (Å²) in [6, 6.07) is 1.88. The van der Waals surface area contributed by atoms with Crippen molar-refractivity contribution < 1.29 is 9.53 Å². The Morgan fingerprint density at radius 3 is 2.76 bits per heavy atom. The number of hydrogen-bond donors (Lipinski definition) is 1. The molecule has 0 aromatic carbocycles. The Morgan fingerprint density at radius 2 is 2.18 bits per heavy atom. The molecule has 0 fully saturated rings. The maximum absolute atomic E-state index is 11.7. The number of aryl methyl sites for hydroxylation is 1. The van der Waals surface area contributed by atoms with Crippen LogP contribution in [0.5, 0.6) is 0 Å². The van der Waals surface area contributed by atoms with Crippen molar-refractivity contribution in [1.82, 2.24) is 0 Å². The van der Waals surface area contributed by atoms with E-state index >= 15 is 0 Å². The Morgan fingerprint density at radius 1 is 1.47 bits per heavy atom. The van der Waals surface area contributed by atoms with Crippen molar-refractivity contribution in [3.63, 3.8) is 0 Å². The summed E-state index contributed by atoms with van der Waals surface area (Å²) in [5, 5.41) is 0.571. The van der Waals surface area contributed by atoms with Crippen molar-refractivity contribution in [3.8, 4) is 0 Å². The number of nitrogen functional groups attached to an aromatic ring is 1. The first-order valence-corrected chi connectivity index (χ1v) is 6.95. The standard InChI is InChI=1S/C13H21NO2S/c1-4-5-6-7-10-8-11(12(14)17-10)13(15)16-9(2)3/h8-9H,4-7,14H2,1-3H3. The van der Waals surface area contributed by atoms with Gasteiger partial charge in [0.05, 0.1) is 11.7 Å². The number of anilines is 1. The lowest BCUT2D eigenvalue weighted by Gasteiger charge is -2.06. The molecule has 0 aliphatic carbocycles. The first kappa shape index (κ1) is 14.0. The Kier molecular flexibility index (Phi) is 5.48. The molecule has 0 unspecified atom stereocenters. The van der Waals surface area contributed by atoms with E-state index in [0.717, 1.165) is 12.8 Å². The molecule has 1 heterocycles. The van der Waals surface area contributed by atoms with Crippen LogP contribution in [0.4, 0.5) is 5.00 Å². The van der Waals surface area contributed by atoms with Crippen LogP contribution in [0.2, 0.25) is 0 Å². The maximum atomic E-state index is 11.7. The van der Waals surface area contributed by atoms with Gasteiger partial charge in [0.25, 0.3) is 0 Å². The van der Waals surface area contributed by atoms with Crippen LogP contribution >= 0.6 is 11.3 Å². The quantitative estimate of drug-likeness (QED) is 0.624. The van der Waals surface area contributed by atoms with Gasteiger partial charge in [-0.3, -0.25) is 0 Å². The molecule has 1 aromatic heterocycles. The predicted molar refractivity (Wildman–Crippen MR) is 72.5 cm³/mol. The van der Waals surface area contributed by atoms with E-state index < -0.39 is 0 Å². The van der Waals surface area contributed by atoms with E-state index in [1.54, 1.807) is 0 Å². The highest BCUT2D eigenvalue weighted by molar-refractivity contribution is 7.16. The fraction of sp³-hybridized carbons (Fsp3) is 0.615. The summed E-state index contributed by atoms with van der Waals surface area (Å²) >= 11 is 1.50. The van der Waals surface area contributed by atoms with Gasteiger partial charge in [0, 0.05) is 4.88 Å². The SMILES string of the molecule is CCCCCc1cc(C(=O)OC(C)C)c(N)s1. The molecule has 0 saturated heterocycles. The van der Waals surface area contributed by atoms with Crippen molar-refractivity contribution in [2.45, 2.75) is 52.6 Å². The highest BCUT2D eigenvalue weighted by atomic mass is 32.1.